The van der Waals surface area contributed by atoms with Crippen molar-refractivity contribution in [2.45, 2.75) is 19.4 Å². The van der Waals surface area contributed by atoms with Crippen LogP contribution in [0.1, 0.15) is 23.6 Å². The van der Waals surface area contributed by atoms with Crippen LogP contribution in [0.5, 0.6) is 11.5 Å². The van der Waals surface area contributed by atoms with Gasteiger partial charge in [-0.05, 0) is 43.2 Å². The molecule has 34 heavy (non-hydrogen) atoms. The number of carbonyl (C=O) groups is 1. The molecule has 4 rings (SSSR count). The molecule has 0 spiro atoms. The van der Waals surface area contributed by atoms with E-state index in [4.69, 9.17) is 14.6 Å². The van der Waals surface area contributed by atoms with E-state index in [-0.39, 0.29) is 23.6 Å². The van der Waals surface area contributed by atoms with Crippen LogP contribution in [0.15, 0.2) is 41.5 Å². The summed E-state index contributed by atoms with van der Waals surface area (Å²) in [6, 6.07) is 11.2. The van der Waals surface area contributed by atoms with Gasteiger partial charge in [-0.2, -0.15) is 5.10 Å². The number of hydrogen-bond acceptors (Lipinski definition) is 7. The summed E-state index contributed by atoms with van der Waals surface area (Å²) in [5.74, 6) is 1.53. The predicted molar refractivity (Wildman–Crippen MR) is 132 cm³/mol. The third kappa shape index (κ3) is 4.68. The molecule has 9 nitrogen and oxygen atoms in total. The zero-order chi connectivity index (χ0) is 24.5. The Hall–Kier alpha value is -3.27. The fourth-order valence-electron chi connectivity index (χ4n) is 4.35. The second-order valence-corrected chi connectivity index (χ2v) is 10.8. The van der Waals surface area contributed by atoms with E-state index in [9.17, 15) is 13.2 Å². The number of carbonyl (C=O) groups excluding carboxylic acids is 1. The summed E-state index contributed by atoms with van der Waals surface area (Å²) in [6.45, 7) is 2.91. The number of anilines is 1. The second-order valence-electron chi connectivity index (χ2n) is 8.45. The van der Waals surface area contributed by atoms with E-state index in [0.717, 1.165) is 22.4 Å². The largest absolute Gasteiger partial charge is 0.493 e. The van der Waals surface area contributed by atoms with Gasteiger partial charge in [-0.15, -0.1) is 0 Å². The van der Waals surface area contributed by atoms with Gasteiger partial charge in [0.2, 0.25) is 0 Å². The highest BCUT2D eigenvalue weighted by molar-refractivity contribution is 7.91. The molecule has 1 unspecified atom stereocenters. The van der Waals surface area contributed by atoms with Crippen LogP contribution < -0.4 is 19.7 Å². The van der Waals surface area contributed by atoms with Crippen molar-refractivity contribution in [1.82, 2.24) is 10.3 Å². The molecule has 2 aliphatic rings. The Morgan fingerprint density at radius 3 is 2.26 bits per heavy atom. The monoisotopic (exact) mass is 486 g/mol. The highest BCUT2D eigenvalue weighted by Crippen LogP contribution is 2.35. The molecule has 10 heteroatoms. The SMILES string of the molecule is CNC(=O)N1N=C(c2ccc(N3CCS(=O)(=O)CC3)cc2)c2cc(OC)c(OC)cc2CC1C. The number of nitrogens with one attached hydrogen (secondary N) is 1. The molecule has 2 heterocycles. The maximum absolute atomic E-state index is 12.6. The minimum atomic E-state index is -2.95. The number of fused-ring (bicyclic) bond motifs is 1. The fraction of sp³-hybridized carbons (Fsp3) is 0.417. The molecule has 0 saturated carbocycles. The maximum Gasteiger partial charge on any atom is 0.337 e. The first-order chi connectivity index (χ1) is 16.3. The van der Waals surface area contributed by atoms with Crippen molar-refractivity contribution in [3.05, 3.63) is 53.1 Å². The van der Waals surface area contributed by atoms with Gasteiger partial charge in [0, 0.05) is 37.0 Å². The zero-order valence-electron chi connectivity index (χ0n) is 19.9. The molecule has 1 saturated heterocycles. The summed E-state index contributed by atoms with van der Waals surface area (Å²) >= 11 is 0. The first-order valence-electron chi connectivity index (χ1n) is 11.2. The number of methoxy groups -OCH3 is 2. The van der Waals surface area contributed by atoms with E-state index in [2.05, 4.69) is 10.2 Å². The Morgan fingerprint density at radius 1 is 1.06 bits per heavy atom. The van der Waals surface area contributed by atoms with Gasteiger partial charge in [0.1, 0.15) is 0 Å². The van der Waals surface area contributed by atoms with Crippen LogP contribution in [0.3, 0.4) is 0 Å². The lowest BCUT2D eigenvalue weighted by Gasteiger charge is -2.29. The Kier molecular flexibility index (Phi) is 6.70. The molecular formula is C24H30N4O5S. The minimum absolute atomic E-state index is 0.162. The number of sulfone groups is 1. The standard InChI is InChI=1S/C24H30N4O5S/c1-16-13-18-14-21(32-3)22(33-4)15-20(18)23(26-28(16)24(29)25-2)17-5-7-19(8-6-17)27-9-11-34(30,31)12-10-27/h5-8,14-16H,9-13H2,1-4H3,(H,25,29). The lowest BCUT2D eigenvalue weighted by atomic mass is 9.94. The molecule has 182 valence electrons. The molecule has 1 fully saturated rings. The van der Waals surface area contributed by atoms with Gasteiger partial charge >= 0.3 is 6.03 Å². The van der Waals surface area contributed by atoms with Gasteiger partial charge in [0.25, 0.3) is 0 Å². The molecule has 0 bridgehead atoms. The van der Waals surface area contributed by atoms with Gasteiger partial charge in [-0.1, -0.05) is 12.1 Å². The Labute approximate surface area is 200 Å². The number of ether oxygens (including phenoxy) is 2. The highest BCUT2D eigenvalue weighted by atomic mass is 32.2. The van der Waals surface area contributed by atoms with Gasteiger partial charge in [-0.3, -0.25) is 0 Å². The molecule has 2 aliphatic heterocycles. The maximum atomic E-state index is 12.6. The van der Waals surface area contributed by atoms with Crippen molar-refractivity contribution in [2.75, 3.05) is 50.8 Å². The summed E-state index contributed by atoms with van der Waals surface area (Å²) < 4.78 is 34.6. The van der Waals surface area contributed by atoms with Crippen LogP contribution in [0.25, 0.3) is 0 Å². The van der Waals surface area contributed by atoms with Crippen molar-refractivity contribution < 1.29 is 22.7 Å². The average molecular weight is 487 g/mol. The summed E-state index contributed by atoms with van der Waals surface area (Å²) in [5.41, 5.74) is 4.31. The van der Waals surface area contributed by atoms with Crippen LogP contribution in [0.2, 0.25) is 0 Å². The van der Waals surface area contributed by atoms with Gasteiger partial charge < -0.3 is 19.7 Å². The third-order valence-electron chi connectivity index (χ3n) is 6.28. The Morgan fingerprint density at radius 2 is 1.68 bits per heavy atom. The van der Waals surface area contributed by atoms with Crippen LogP contribution >= 0.6 is 0 Å². The van der Waals surface area contributed by atoms with E-state index < -0.39 is 9.84 Å². The number of rotatable bonds is 4. The second kappa shape index (κ2) is 9.54. The predicted octanol–water partition coefficient (Wildman–Crippen LogP) is 2.28. The molecule has 0 radical (unpaired) electrons. The number of urea groups is 1. The average Bonchev–Trinajstić information content (AvgIpc) is 2.98. The molecular weight excluding hydrogens is 456 g/mol. The minimum Gasteiger partial charge on any atom is -0.493 e. The van der Waals surface area contributed by atoms with Crippen molar-refractivity contribution in [2.24, 2.45) is 5.10 Å². The highest BCUT2D eigenvalue weighted by Gasteiger charge is 2.28. The summed E-state index contributed by atoms with van der Waals surface area (Å²) in [5, 5.41) is 8.92. The van der Waals surface area contributed by atoms with E-state index in [1.807, 2.05) is 43.3 Å². The van der Waals surface area contributed by atoms with Gasteiger partial charge in [-0.25, -0.2) is 18.2 Å². The van der Waals surface area contributed by atoms with Crippen molar-refractivity contribution in [1.29, 1.82) is 0 Å². The molecule has 2 aromatic rings. The van der Waals surface area contributed by atoms with E-state index in [1.54, 1.807) is 21.3 Å². The Bertz CT molecular complexity index is 1200. The summed E-state index contributed by atoms with van der Waals surface area (Å²) in [7, 11) is 1.82. The third-order valence-corrected chi connectivity index (χ3v) is 7.89. The lowest BCUT2D eigenvalue weighted by Crippen LogP contribution is -2.41. The van der Waals surface area contributed by atoms with Gasteiger partial charge in [0.15, 0.2) is 21.3 Å². The van der Waals surface area contributed by atoms with Crippen molar-refractivity contribution in [3.63, 3.8) is 0 Å². The number of nitrogens with zero attached hydrogens (tertiary/aromatic N) is 3. The Balaban J connectivity index is 1.76. The lowest BCUT2D eigenvalue weighted by molar-refractivity contribution is 0.184. The molecule has 0 aromatic heterocycles. The van der Waals surface area contributed by atoms with E-state index >= 15 is 0 Å². The smallest absolute Gasteiger partial charge is 0.337 e. The number of hydrazone groups is 1. The first kappa shape index (κ1) is 23.9. The number of hydrogen-bond donors (Lipinski definition) is 1. The molecule has 2 amide bonds. The topological polar surface area (TPSA) is 101 Å². The van der Waals surface area contributed by atoms with Crippen molar-refractivity contribution in [3.8, 4) is 11.5 Å². The summed E-state index contributed by atoms with van der Waals surface area (Å²) in [6.07, 6.45) is 0.594. The first-order valence-corrected chi connectivity index (χ1v) is 13.0. The van der Waals surface area contributed by atoms with E-state index in [1.165, 1.54) is 5.01 Å². The normalized spacial score (nSPS) is 19.5. The molecule has 2 aromatic carbocycles. The van der Waals surface area contributed by atoms with E-state index in [0.29, 0.717) is 36.7 Å². The molecule has 1 atom stereocenters. The fourth-order valence-corrected chi connectivity index (χ4v) is 5.55. The molecule has 1 N–H and O–H groups in total. The van der Waals surface area contributed by atoms with Crippen LogP contribution in [-0.4, -0.2) is 77.1 Å². The van der Waals surface area contributed by atoms with Gasteiger partial charge in [0.05, 0.1) is 37.5 Å². The zero-order valence-corrected chi connectivity index (χ0v) is 20.7. The molecule has 0 aliphatic carbocycles. The number of benzene rings is 2. The van der Waals surface area contributed by atoms with Crippen molar-refractivity contribution >= 4 is 27.3 Å². The van der Waals surface area contributed by atoms with Crippen LogP contribution in [0, 0.1) is 0 Å². The quantitative estimate of drug-likeness (QED) is 0.712. The summed E-state index contributed by atoms with van der Waals surface area (Å²) in [4.78, 5) is 14.7. The van der Waals surface area contributed by atoms with Crippen LogP contribution in [0.4, 0.5) is 10.5 Å². The van der Waals surface area contributed by atoms with Crippen LogP contribution in [-0.2, 0) is 16.3 Å². The number of amides is 2.